The summed E-state index contributed by atoms with van der Waals surface area (Å²) < 4.78 is 5.45. The van der Waals surface area contributed by atoms with Gasteiger partial charge in [0.05, 0.1) is 18.0 Å². The SMILES string of the molecule is CCOc1ccc(NC(=O)CSC2=Nc3ccccc3C3=NC(=O)C(CCC(=O)NCc4ccccc4)N23)cc1. The van der Waals surface area contributed by atoms with Crippen molar-refractivity contribution in [3.8, 4) is 5.75 Å². The molecule has 0 saturated heterocycles. The van der Waals surface area contributed by atoms with Gasteiger partial charge < -0.3 is 15.4 Å². The quantitative estimate of drug-likeness (QED) is 0.381. The number of rotatable bonds is 10. The van der Waals surface area contributed by atoms with Gasteiger partial charge in [0, 0.05) is 24.2 Å². The standard InChI is InChI=1S/C30H29N5O4S/c1-2-39-22-14-12-21(13-15-22)32-27(37)19-40-30-33-24-11-7-6-10-23(24)28-34-29(38)25(35(28)30)16-17-26(36)31-18-20-8-4-3-5-9-20/h3-15,25H,2,16-19H2,1H3,(H,31,36)(H,32,37). The second-order valence-electron chi connectivity index (χ2n) is 9.17. The number of fused-ring (bicyclic) bond motifs is 3. The van der Waals surface area contributed by atoms with Crippen LogP contribution in [-0.4, -0.2) is 52.0 Å². The average molecular weight is 556 g/mol. The van der Waals surface area contributed by atoms with Crippen LogP contribution in [0.1, 0.15) is 30.9 Å². The van der Waals surface area contributed by atoms with Gasteiger partial charge in [0.15, 0.2) is 5.17 Å². The molecule has 0 aromatic heterocycles. The first-order valence-corrected chi connectivity index (χ1v) is 14.1. The molecule has 3 amide bonds. The van der Waals surface area contributed by atoms with Crippen molar-refractivity contribution in [2.24, 2.45) is 9.98 Å². The third-order valence-corrected chi connectivity index (χ3v) is 7.32. The van der Waals surface area contributed by atoms with E-state index in [0.29, 0.717) is 35.5 Å². The van der Waals surface area contributed by atoms with E-state index in [1.54, 1.807) is 29.2 Å². The number of nitrogens with zero attached hydrogens (tertiary/aromatic N) is 3. The maximum absolute atomic E-state index is 13.0. The molecule has 3 aromatic carbocycles. The van der Waals surface area contributed by atoms with E-state index in [-0.39, 0.29) is 36.3 Å². The van der Waals surface area contributed by atoms with E-state index in [1.165, 1.54) is 11.8 Å². The number of benzene rings is 3. The van der Waals surface area contributed by atoms with Crippen LogP contribution >= 0.6 is 11.8 Å². The summed E-state index contributed by atoms with van der Waals surface area (Å²) in [5.41, 5.74) is 3.08. The number of thioether (sulfide) groups is 1. The van der Waals surface area contributed by atoms with Crippen molar-refractivity contribution in [3.05, 3.63) is 90.0 Å². The van der Waals surface area contributed by atoms with Gasteiger partial charge in [-0.1, -0.05) is 54.2 Å². The van der Waals surface area contributed by atoms with Crippen LogP contribution in [-0.2, 0) is 20.9 Å². The van der Waals surface area contributed by atoms with E-state index in [2.05, 4.69) is 15.6 Å². The molecule has 0 radical (unpaired) electrons. The summed E-state index contributed by atoms with van der Waals surface area (Å²) in [6.07, 6.45) is 0.424. The number of carbonyl (C=O) groups excluding carboxylic acids is 3. The molecule has 204 valence electrons. The maximum atomic E-state index is 13.0. The minimum absolute atomic E-state index is 0.0798. The summed E-state index contributed by atoms with van der Waals surface area (Å²) in [6, 6.07) is 23.6. The van der Waals surface area contributed by atoms with Crippen LogP contribution in [0, 0.1) is 0 Å². The van der Waals surface area contributed by atoms with E-state index in [4.69, 9.17) is 9.73 Å². The van der Waals surface area contributed by atoms with Crippen molar-refractivity contribution in [3.63, 3.8) is 0 Å². The molecule has 2 heterocycles. The fourth-order valence-electron chi connectivity index (χ4n) is 4.46. The molecular weight excluding hydrogens is 526 g/mol. The zero-order valence-electron chi connectivity index (χ0n) is 22.0. The maximum Gasteiger partial charge on any atom is 0.270 e. The zero-order chi connectivity index (χ0) is 27.9. The molecular formula is C30H29N5O4S. The smallest absolute Gasteiger partial charge is 0.270 e. The van der Waals surface area contributed by atoms with Gasteiger partial charge in [0.1, 0.15) is 17.6 Å². The summed E-state index contributed by atoms with van der Waals surface area (Å²) in [4.78, 5) is 49.3. The van der Waals surface area contributed by atoms with Crippen molar-refractivity contribution in [1.29, 1.82) is 0 Å². The number of hydrogen-bond acceptors (Lipinski definition) is 7. The molecule has 10 heteroatoms. The lowest BCUT2D eigenvalue weighted by Crippen LogP contribution is -2.44. The Labute approximate surface area is 236 Å². The summed E-state index contributed by atoms with van der Waals surface area (Å²) in [6.45, 7) is 2.90. The Morgan fingerprint density at radius 1 is 0.950 bits per heavy atom. The molecule has 5 rings (SSSR count). The Morgan fingerprint density at radius 2 is 1.70 bits per heavy atom. The van der Waals surface area contributed by atoms with Gasteiger partial charge in [-0.25, -0.2) is 4.99 Å². The fourth-order valence-corrected chi connectivity index (χ4v) is 5.31. The highest BCUT2D eigenvalue weighted by Crippen LogP contribution is 2.35. The van der Waals surface area contributed by atoms with Crippen molar-refractivity contribution in [2.75, 3.05) is 17.7 Å². The van der Waals surface area contributed by atoms with Crippen LogP contribution in [0.2, 0.25) is 0 Å². The van der Waals surface area contributed by atoms with Crippen LogP contribution in [0.15, 0.2) is 88.8 Å². The molecule has 1 atom stereocenters. The van der Waals surface area contributed by atoms with E-state index in [0.717, 1.165) is 16.9 Å². The van der Waals surface area contributed by atoms with Crippen LogP contribution in [0.5, 0.6) is 5.75 Å². The Morgan fingerprint density at radius 3 is 2.48 bits per heavy atom. The molecule has 2 N–H and O–H groups in total. The third kappa shape index (κ3) is 6.40. The number of amides is 3. The second kappa shape index (κ2) is 12.6. The lowest BCUT2D eigenvalue weighted by Gasteiger charge is -2.31. The summed E-state index contributed by atoms with van der Waals surface area (Å²) in [5.74, 6) is 0.626. The van der Waals surface area contributed by atoms with Gasteiger partial charge in [-0.3, -0.25) is 19.3 Å². The number of ether oxygens (including phenoxy) is 1. The molecule has 0 fully saturated rings. The number of hydrogen-bond donors (Lipinski definition) is 2. The average Bonchev–Trinajstić information content (AvgIpc) is 3.31. The van der Waals surface area contributed by atoms with Gasteiger partial charge in [-0.2, -0.15) is 4.99 Å². The van der Waals surface area contributed by atoms with Crippen molar-refractivity contribution < 1.29 is 19.1 Å². The second-order valence-corrected chi connectivity index (χ2v) is 10.1. The van der Waals surface area contributed by atoms with Crippen molar-refractivity contribution in [1.82, 2.24) is 10.2 Å². The lowest BCUT2D eigenvalue weighted by molar-refractivity contribution is -0.122. The summed E-state index contributed by atoms with van der Waals surface area (Å²) >= 11 is 1.23. The number of amidine groups is 2. The number of para-hydroxylation sites is 1. The Bertz CT molecular complexity index is 1460. The molecule has 2 aliphatic rings. The van der Waals surface area contributed by atoms with Gasteiger partial charge >= 0.3 is 0 Å². The van der Waals surface area contributed by atoms with E-state index in [9.17, 15) is 14.4 Å². The molecule has 1 unspecified atom stereocenters. The predicted molar refractivity (Wildman–Crippen MR) is 157 cm³/mol. The van der Waals surface area contributed by atoms with Crippen molar-refractivity contribution >= 4 is 51.9 Å². The van der Waals surface area contributed by atoms with E-state index < -0.39 is 6.04 Å². The lowest BCUT2D eigenvalue weighted by atomic mass is 10.1. The molecule has 9 nitrogen and oxygen atoms in total. The van der Waals surface area contributed by atoms with Crippen LogP contribution in [0.25, 0.3) is 0 Å². The minimum Gasteiger partial charge on any atom is -0.494 e. The topological polar surface area (TPSA) is 112 Å². The highest BCUT2D eigenvalue weighted by atomic mass is 32.2. The first kappa shape index (κ1) is 27.1. The van der Waals surface area contributed by atoms with E-state index >= 15 is 0 Å². The minimum atomic E-state index is -0.675. The molecule has 2 aliphatic heterocycles. The molecule has 3 aromatic rings. The normalized spacial score (nSPS) is 15.5. The van der Waals surface area contributed by atoms with E-state index in [1.807, 2.05) is 61.5 Å². The zero-order valence-corrected chi connectivity index (χ0v) is 22.8. The van der Waals surface area contributed by atoms with Crippen LogP contribution in [0.4, 0.5) is 11.4 Å². The number of carbonyl (C=O) groups is 3. The van der Waals surface area contributed by atoms with Gasteiger partial charge in [0.2, 0.25) is 11.8 Å². The van der Waals surface area contributed by atoms with Gasteiger partial charge in [-0.15, -0.1) is 0 Å². The Balaban J connectivity index is 1.25. The van der Waals surface area contributed by atoms with Gasteiger partial charge in [-0.05, 0) is 55.3 Å². The number of nitrogens with one attached hydrogen (secondary N) is 2. The molecule has 40 heavy (non-hydrogen) atoms. The molecule has 0 saturated carbocycles. The van der Waals surface area contributed by atoms with Crippen molar-refractivity contribution in [2.45, 2.75) is 32.4 Å². The number of aliphatic imine (C=N–C) groups is 2. The third-order valence-electron chi connectivity index (χ3n) is 6.37. The molecule has 0 aliphatic carbocycles. The largest absolute Gasteiger partial charge is 0.494 e. The predicted octanol–water partition coefficient (Wildman–Crippen LogP) is 4.51. The Kier molecular flexibility index (Phi) is 8.56. The summed E-state index contributed by atoms with van der Waals surface area (Å²) in [5, 5.41) is 6.29. The van der Waals surface area contributed by atoms with Crippen LogP contribution in [0.3, 0.4) is 0 Å². The Hall–Kier alpha value is -4.44. The first-order valence-electron chi connectivity index (χ1n) is 13.1. The van der Waals surface area contributed by atoms with Gasteiger partial charge in [0.25, 0.3) is 5.91 Å². The molecule has 0 bridgehead atoms. The highest BCUT2D eigenvalue weighted by molar-refractivity contribution is 8.14. The highest BCUT2D eigenvalue weighted by Gasteiger charge is 2.41. The number of anilines is 1. The fraction of sp³-hybridized carbons (Fsp3) is 0.233. The van der Waals surface area contributed by atoms with Crippen LogP contribution < -0.4 is 15.4 Å². The molecule has 0 spiro atoms. The monoisotopic (exact) mass is 555 g/mol. The summed E-state index contributed by atoms with van der Waals surface area (Å²) in [7, 11) is 0. The first-order chi connectivity index (χ1) is 19.5.